The normalized spacial score (nSPS) is 10.8. The van der Waals surface area contributed by atoms with E-state index in [9.17, 15) is 18.8 Å². The van der Waals surface area contributed by atoms with Crippen molar-refractivity contribution < 1.29 is 23.5 Å². The predicted molar refractivity (Wildman–Crippen MR) is 114 cm³/mol. The highest BCUT2D eigenvalue weighted by molar-refractivity contribution is 7.20. The maximum atomic E-state index is 13.3. The van der Waals surface area contributed by atoms with Gasteiger partial charge in [-0.1, -0.05) is 26.0 Å². The van der Waals surface area contributed by atoms with Crippen LogP contribution in [0.1, 0.15) is 33.9 Å². The molecule has 0 aliphatic carbocycles. The van der Waals surface area contributed by atoms with Gasteiger partial charge in [-0.15, -0.1) is 11.3 Å². The zero-order valence-corrected chi connectivity index (χ0v) is 17.3. The van der Waals surface area contributed by atoms with Gasteiger partial charge >= 0.3 is 5.97 Å². The minimum atomic E-state index is -0.672. The van der Waals surface area contributed by atoms with Crippen LogP contribution in [0.2, 0.25) is 0 Å². The minimum absolute atomic E-state index is 0.275. The molecule has 0 fully saturated rings. The quantitative estimate of drug-likeness (QED) is 0.552. The molecule has 0 bridgehead atoms. The molecular formula is C22H21FN2O4S. The summed E-state index contributed by atoms with van der Waals surface area (Å²) < 4.78 is 19.1. The van der Waals surface area contributed by atoms with Crippen LogP contribution in [-0.2, 0) is 9.53 Å². The summed E-state index contributed by atoms with van der Waals surface area (Å²) in [5.74, 6) is -1.64. The maximum absolute atomic E-state index is 13.3. The smallest absolute Gasteiger partial charge is 0.348 e. The number of rotatable bonds is 7. The maximum Gasteiger partial charge on any atom is 0.348 e. The van der Waals surface area contributed by atoms with Gasteiger partial charge in [0.1, 0.15) is 10.7 Å². The van der Waals surface area contributed by atoms with Gasteiger partial charge in [0.2, 0.25) is 0 Å². The van der Waals surface area contributed by atoms with Crippen LogP contribution in [0.4, 0.5) is 10.1 Å². The Morgan fingerprint density at radius 2 is 1.87 bits per heavy atom. The average Bonchev–Trinajstić information content (AvgIpc) is 3.14. The highest BCUT2D eigenvalue weighted by Gasteiger charge is 2.16. The van der Waals surface area contributed by atoms with Gasteiger partial charge in [-0.2, -0.15) is 0 Å². The molecule has 2 aromatic carbocycles. The number of amides is 2. The van der Waals surface area contributed by atoms with Gasteiger partial charge in [-0.3, -0.25) is 9.59 Å². The first-order valence-corrected chi connectivity index (χ1v) is 10.2. The lowest BCUT2D eigenvalue weighted by molar-refractivity contribution is -0.119. The first-order chi connectivity index (χ1) is 14.3. The number of carbonyl (C=O) groups excluding carboxylic acids is 3. The second kappa shape index (κ2) is 9.49. The van der Waals surface area contributed by atoms with E-state index in [-0.39, 0.29) is 10.8 Å². The van der Waals surface area contributed by atoms with E-state index in [2.05, 4.69) is 10.6 Å². The fraction of sp³-hybridized carbons (Fsp3) is 0.227. The van der Waals surface area contributed by atoms with Crippen molar-refractivity contribution in [1.29, 1.82) is 0 Å². The molecule has 156 valence electrons. The Hall–Kier alpha value is -3.26. The van der Waals surface area contributed by atoms with Crippen LogP contribution in [0, 0.1) is 11.7 Å². The van der Waals surface area contributed by atoms with E-state index in [4.69, 9.17) is 4.74 Å². The summed E-state index contributed by atoms with van der Waals surface area (Å²) in [6.45, 7) is 3.96. The molecule has 0 saturated heterocycles. The van der Waals surface area contributed by atoms with Gasteiger partial charge in [-0.05, 0) is 47.7 Å². The third-order valence-electron chi connectivity index (χ3n) is 4.13. The number of ether oxygens (including phenoxy) is 1. The number of hydrogen-bond acceptors (Lipinski definition) is 5. The Kier molecular flexibility index (Phi) is 6.79. The molecule has 0 saturated carbocycles. The van der Waals surface area contributed by atoms with E-state index in [0.29, 0.717) is 29.1 Å². The lowest BCUT2D eigenvalue weighted by atomic mass is 10.1. The van der Waals surface area contributed by atoms with E-state index >= 15 is 0 Å². The number of nitrogens with one attached hydrogen (secondary N) is 2. The molecule has 0 aliphatic heterocycles. The van der Waals surface area contributed by atoms with Gasteiger partial charge in [0.25, 0.3) is 11.8 Å². The van der Waals surface area contributed by atoms with Crippen LogP contribution in [0.5, 0.6) is 0 Å². The lowest BCUT2D eigenvalue weighted by Crippen LogP contribution is -2.29. The molecule has 2 amide bonds. The van der Waals surface area contributed by atoms with Crippen molar-refractivity contribution in [3.05, 3.63) is 64.8 Å². The van der Waals surface area contributed by atoms with Crippen LogP contribution in [0.15, 0.2) is 48.5 Å². The van der Waals surface area contributed by atoms with Crippen molar-refractivity contribution in [2.75, 3.05) is 18.5 Å². The summed E-state index contributed by atoms with van der Waals surface area (Å²) in [5, 5.41) is 5.99. The van der Waals surface area contributed by atoms with Crippen LogP contribution in [0.25, 0.3) is 10.1 Å². The molecule has 30 heavy (non-hydrogen) atoms. The van der Waals surface area contributed by atoms with E-state index in [1.165, 1.54) is 18.2 Å². The average molecular weight is 428 g/mol. The highest BCUT2D eigenvalue weighted by Crippen LogP contribution is 2.26. The number of esters is 1. The van der Waals surface area contributed by atoms with Crippen LogP contribution in [-0.4, -0.2) is 30.9 Å². The fourth-order valence-corrected chi connectivity index (χ4v) is 3.62. The second-order valence-corrected chi connectivity index (χ2v) is 8.15. The number of thiophene rings is 1. The van der Waals surface area contributed by atoms with Gasteiger partial charge in [-0.25, -0.2) is 9.18 Å². The molecule has 1 aromatic heterocycles. The second-order valence-electron chi connectivity index (χ2n) is 7.07. The molecule has 0 spiro atoms. The lowest BCUT2D eigenvalue weighted by Gasteiger charge is -2.12. The monoisotopic (exact) mass is 428 g/mol. The molecule has 8 heteroatoms. The number of hydrogen-bond donors (Lipinski definition) is 2. The van der Waals surface area contributed by atoms with Crippen molar-refractivity contribution in [3.63, 3.8) is 0 Å². The first kappa shape index (κ1) is 21.4. The molecule has 0 atom stereocenters. The summed E-state index contributed by atoms with van der Waals surface area (Å²) in [6, 6.07) is 12.4. The molecule has 0 aliphatic rings. The van der Waals surface area contributed by atoms with Gasteiger partial charge in [0.05, 0.1) is 11.3 Å². The summed E-state index contributed by atoms with van der Waals surface area (Å²) in [5.41, 5.74) is 0.654. The molecule has 6 nitrogen and oxygen atoms in total. The standard InChI is InChI=1S/C22H21FN2O4S/c1-13(2)11-24-21(27)16-5-3-4-6-17(16)25-20(26)12-29-22(28)19-10-14-9-15(23)7-8-18(14)30-19/h3-10,13H,11-12H2,1-2H3,(H,24,27)(H,25,26). The molecule has 3 aromatic rings. The zero-order chi connectivity index (χ0) is 21.7. The van der Waals surface area contributed by atoms with Crippen molar-refractivity contribution in [2.24, 2.45) is 5.92 Å². The van der Waals surface area contributed by atoms with Crippen molar-refractivity contribution in [2.45, 2.75) is 13.8 Å². The molecule has 2 N–H and O–H groups in total. The van der Waals surface area contributed by atoms with E-state index in [1.807, 2.05) is 13.8 Å². The first-order valence-electron chi connectivity index (χ1n) is 9.37. The number of anilines is 1. The third-order valence-corrected chi connectivity index (χ3v) is 5.23. The molecule has 0 unspecified atom stereocenters. The Balaban J connectivity index is 1.60. The Bertz CT molecular complexity index is 1090. The van der Waals surface area contributed by atoms with E-state index in [1.54, 1.807) is 30.3 Å². The zero-order valence-electron chi connectivity index (χ0n) is 16.5. The molecule has 3 rings (SSSR count). The largest absolute Gasteiger partial charge is 0.451 e. The van der Waals surface area contributed by atoms with E-state index < -0.39 is 24.3 Å². The van der Waals surface area contributed by atoms with E-state index in [0.717, 1.165) is 16.0 Å². The SMILES string of the molecule is CC(C)CNC(=O)c1ccccc1NC(=O)COC(=O)c1cc2cc(F)ccc2s1. The molecule has 1 heterocycles. The van der Waals surface area contributed by atoms with Crippen LogP contribution in [0.3, 0.4) is 0 Å². The summed E-state index contributed by atoms with van der Waals surface area (Å²) >= 11 is 1.16. The Labute approximate surface area is 177 Å². The topological polar surface area (TPSA) is 84.5 Å². The van der Waals surface area contributed by atoms with Crippen LogP contribution >= 0.6 is 11.3 Å². The number of carbonyl (C=O) groups is 3. The Morgan fingerprint density at radius 1 is 1.10 bits per heavy atom. The number of para-hydroxylation sites is 1. The van der Waals surface area contributed by atoms with Gasteiger partial charge in [0, 0.05) is 11.2 Å². The molecular weight excluding hydrogens is 407 g/mol. The number of fused-ring (bicyclic) bond motifs is 1. The molecule has 0 radical (unpaired) electrons. The summed E-state index contributed by atoms with van der Waals surface area (Å²) in [4.78, 5) is 37.1. The van der Waals surface area contributed by atoms with Gasteiger partial charge < -0.3 is 15.4 Å². The fourth-order valence-electron chi connectivity index (χ4n) is 2.69. The van der Waals surface area contributed by atoms with Crippen LogP contribution < -0.4 is 10.6 Å². The van der Waals surface area contributed by atoms with Crippen molar-refractivity contribution >= 4 is 44.9 Å². The number of halogens is 1. The highest BCUT2D eigenvalue weighted by atomic mass is 32.1. The Morgan fingerprint density at radius 3 is 2.63 bits per heavy atom. The van der Waals surface area contributed by atoms with Crippen molar-refractivity contribution in [1.82, 2.24) is 5.32 Å². The minimum Gasteiger partial charge on any atom is -0.451 e. The predicted octanol–water partition coefficient (Wildman–Crippen LogP) is 4.22. The van der Waals surface area contributed by atoms with Crippen molar-refractivity contribution in [3.8, 4) is 0 Å². The summed E-state index contributed by atoms with van der Waals surface area (Å²) in [7, 11) is 0. The van der Waals surface area contributed by atoms with Gasteiger partial charge in [0.15, 0.2) is 6.61 Å². The summed E-state index contributed by atoms with van der Waals surface area (Å²) in [6.07, 6.45) is 0. The number of benzene rings is 2. The third kappa shape index (κ3) is 5.42.